The first-order valence-electron chi connectivity index (χ1n) is 6.37. The zero-order chi connectivity index (χ0) is 15.8. The normalized spacial score (nSPS) is 12.5. The second-order valence-electron chi connectivity index (χ2n) is 5.77. The molecule has 0 amide bonds. The van der Waals surface area contributed by atoms with Crippen molar-refractivity contribution in [3.63, 3.8) is 0 Å². The first-order valence-corrected chi connectivity index (χ1v) is 6.37. The SMILES string of the molecule is CC(C)(C)c1cc(=O)[nH]c(-c2ccccc2C(F)(F)F)n1. The van der Waals surface area contributed by atoms with Crippen LogP contribution in [0, 0.1) is 0 Å². The van der Waals surface area contributed by atoms with Crippen LogP contribution in [0.2, 0.25) is 0 Å². The fourth-order valence-corrected chi connectivity index (χ4v) is 1.91. The molecule has 1 N–H and O–H groups in total. The van der Waals surface area contributed by atoms with Crippen molar-refractivity contribution in [1.82, 2.24) is 9.97 Å². The van der Waals surface area contributed by atoms with E-state index in [9.17, 15) is 18.0 Å². The smallest absolute Gasteiger partial charge is 0.307 e. The summed E-state index contributed by atoms with van der Waals surface area (Å²) >= 11 is 0. The number of hydrogen-bond donors (Lipinski definition) is 1. The molecule has 0 saturated heterocycles. The Kier molecular flexibility index (Phi) is 3.65. The summed E-state index contributed by atoms with van der Waals surface area (Å²) in [6, 6.07) is 6.36. The molecule has 0 bridgehead atoms. The van der Waals surface area contributed by atoms with Crippen LogP contribution in [0.15, 0.2) is 35.1 Å². The lowest BCUT2D eigenvalue weighted by atomic mass is 9.92. The van der Waals surface area contributed by atoms with Crippen LogP contribution in [0.5, 0.6) is 0 Å². The maximum atomic E-state index is 13.0. The molecule has 6 heteroatoms. The lowest BCUT2D eigenvalue weighted by Crippen LogP contribution is -2.20. The fraction of sp³-hybridized carbons (Fsp3) is 0.333. The van der Waals surface area contributed by atoms with Crippen LogP contribution in [0.3, 0.4) is 0 Å². The highest BCUT2D eigenvalue weighted by atomic mass is 19.4. The molecule has 0 aliphatic rings. The molecule has 2 aromatic rings. The minimum Gasteiger partial charge on any atom is -0.307 e. The van der Waals surface area contributed by atoms with Crippen LogP contribution in [0.4, 0.5) is 13.2 Å². The molecule has 0 atom stereocenters. The summed E-state index contributed by atoms with van der Waals surface area (Å²) in [5, 5.41) is 0. The maximum Gasteiger partial charge on any atom is 0.417 e. The van der Waals surface area contributed by atoms with Gasteiger partial charge in [-0.3, -0.25) is 4.79 Å². The van der Waals surface area contributed by atoms with E-state index in [1.54, 1.807) is 0 Å². The van der Waals surface area contributed by atoms with E-state index in [2.05, 4.69) is 9.97 Å². The van der Waals surface area contributed by atoms with Gasteiger partial charge in [0.25, 0.3) is 5.56 Å². The molecule has 0 unspecified atom stereocenters. The van der Waals surface area contributed by atoms with Gasteiger partial charge in [0.2, 0.25) is 0 Å². The number of halogens is 3. The van der Waals surface area contributed by atoms with Gasteiger partial charge in [0.1, 0.15) is 5.82 Å². The van der Waals surface area contributed by atoms with Crippen molar-refractivity contribution in [2.75, 3.05) is 0 Å². The monoisotopic (exact) mass is 296 g/mol. The molecule has 0 aliphatic carbocycles. The van der Waals surface area contributed by atoms with Crippen molar-refractivity contribution >= 4 is 0 Å². The summed E-state index contributed by atoms with van der Waals surface area (Å²) < 4.78 is 39.1. The number of hydrogen-bond acceptors (Lipinski definition) is 2. The Morgan fingerprint density at radius 3 is 2.29 bits per heavy atom. The number of aromatic amines is 1. The first-order chi connectivity index (χ1) is 9.59. The van der Waals surface area contributed by atoms with Crippen molar-refractivity contribution in [3.05, 3.63) is 51.9 Å². The third-order valence-electron chi connectivity index (χ3n) is 3.00. The van der Waals surface area contributed by atoms with Crippen LogP contribution < -0.4 is 5.56 Å². The molecule has 0 aliphatic heterocycles. The molecule has 1 aromatic carbocycles. The molecule has 21 heavy (non-hydrogen) atoms. The van der Waals surface area contributed by atoms with Gasteiger partial charge in [-0.05, 0) is 6.07 Å². The summed E-state index contributed by atoms with van der Waals surface area (Å²) in [7, 11) is 0. The topological polar surface area (TPSA) is 45.8 Å². The van der Waals surface area contributed by atoms with E-state index in [1.165, 1.54) is 24.3 Å². The van der Waals surface area contributed by atoms with E-state index >= 15 is 0 Å². The van der Waals surface area contributed by atoms with Crippen LogP contribution in [-0.4, -0.2) is 9.97 Å². The molecular formula is C15H15F3N2O. The number of aromatic nitrogens is 2. The number of alkyl halides is 3. The summed E-state index contributed by atoms with van der Waals surface area (Å²) in [6.45, 7) is 5.52. The summed E-state index contributed by atoms with van der Waals surface area (Å²) in [6.07, 6.45) is -4.51. The summed E-state index contributed by atoms with van der Waals surface area (Å²) in [5.74, 6) is -0.0691. The van der Waals surface area contributed by atoms with Gasteiger partial charge >= 0.3 is 6.18 Å². The molecule has 0 radical (unpaired) electrons. The molecule has 2 rings (SSSR count). The van der Waals surface area contributed by atoms with Gasteiger partial charge in [-0.2, -0.15) is 13.2 Å². The van der Waals surface area contributed by atoms with Crippen molar-refractivity contribution in [1.29, 1.82) is 0 Å². The highest BCUT2D eigenvalue weighted by Crippen LogP contribution is 2.35. The minimum atomic E-state index is -4.51. The molecule has 0 saturated carbocycles. The number of H-pyrrole nitrogens is 1. The van der Waals surface area contributed by atoms with E-state index in [4.69, 9.17) is 0 Å². The van der Waals surface area contributed by atoms with Crippen molar-refractivity contribution < 1.29 is 13.2 Å². The molecule has 1 heterocycles. The highest BCUT2D eigenvalue weighted by molar-refractivity contribution is 5.61. The second-order valence-corrected chi connectivity index (χ2v) is 5.77. The molecule has 3 nitrogen and oxygen atoms in total. The van der Waals surface area contributed by atoms with Gasteiger partial charge in [-0.15, -0.1) is 0 Å². The predicted octanol–water partition coefficient (Wildman–Crippen LogP) is 3.75. The van der Waals surface area contributed by atoms with Crippen LogP contribution >= 0.6 is 0 Å². The van der Waals surface area contributed by atoms with Gasteiger partial charge in [-0.1, -0.05) is 39.0 Å². The standard InChI is InChI=1S/C15H15F3N2O/c1-14(2,3)11-8-12(21)20-13(19-11)9-6-4-5-7-10(9)15(16,17)18/h4-8H,1-3H3,(H,19,20,21). The Morgan fingerprint density at radius 2 is 1.71 bits per heavy atom. The Morgan fingerprint density at radius 1 is 1.10 bits per heavy atom. The van der Waals surface area contributed by atoms with Gasteiger partial charge < -0.3 is 4.98 Å². The van der Waals surface area contributed by atoms with E-state index in [0.717, 1.165) is 6.07 Å². The Labute approximate surface area is 119 Å². The Bertz CT molecular complexity index is 712. The zero-order valence-electron chi connectivity index (χ0n) is 11.9. The summed E-state index contributed by atoms with van der Waals surface area (Å²) in [5.41, 5.74) is -1.41. The van der Waals surface area contributed by atoms with Gasteiger partial charge in [0.05, 0.1) is 11.3 Å². The molecule has 1 aromatic heterocycles. The van der Waals surface area contributed by atoms with Gasteiger partial charge in [-0.25, -0.2) is 4.98 Å². The number of nitrogens with one attached hydrogen (secondary N) is 1. The minimum absolute atomic E-state index is 0.0691. The third kappa shape index (κ3) is 3.32. The first kappa shape index (κ1) is 15.3. The van der Waals surface area contributed by atoms with Gasteiger partial charge in [0, 0.05) is 17.0 Å². The van der Waals surface area contributed by atoms with E-state index in [0.29, 0.717) is 5.69 Å². The average Bonchev–Trinajstić information content (AvgIpc) is 2.36. The van der Waals surface area contributed by atoms with E-state index in [1.807, 2.05) is 20.8 Å². The molecule has 0 fully saturated rings. The lowest BCUT2D eigenvalue weighted by molar-refractivity contribution is -0.137. The van der Waals surface area contributed by atoms with E-state index in [-0.39, 0.29) is 11.4 Å². The van der Waals surface area contributed by atoms with Crippen LogP contribution in [-0.2, 0) is 11.6 Å². The molecular weight excluding hydrogens is 281 g/mol. The Balaban J connectivity index is 2.69. The zero-order valence-corrected chi connectivity index (χ0v) is 11.9. The average molecular weight is 296 g/mol. The van der Waals surface area contributed by atoms with Crippen molar-refractivity contribution in [3.8, 4) is 11.4 Å². The third-order valence-corrected chi connectivity index (χ3v) is 3.00. The molecule has 112 valence electrons. The lowest BCUT2D eigenvalue weighted by Gasteiger charge is -2.19. The number of benzene rings is 1. The van der Waals surface area contributed by atoms with Crippen molar-refractivity contribution in [2.45, 2.75) is 32.4 Å². The number of rotatable bonds is 1. The maximum absolute atomic E-state index is 13.0. The van der Waals surface area contributed by atoms with Crippen molar-refractivity contribution in [2.24, 2.45) is 0 Å². The highest BCUT2D eigenvalue weighted by Gasteiger charge is 2.34. The quantitative estimate of drug-likeness (QED) is 0.871. The van der Waals surface area contributed by atoms with E-state index < -0.39 is 22.7 Å². The van der Waals surface area contributed by atoms with Gasteiger partial charge in [0.15, 0.2) is 0 Å². The van der Waals surface area contributed by atoms with Crippen LogP contribution in [0.1, 0.15) is 32.0 Å². The Hall–Kier alpha value is -2.11. The largest absolute Gasteiger partial charge is 0.417 e. The summed E-state index contributed by atoms with van der Waals surface area (Å²) in [4.78, 5) is 18.3. The fourth-order valence-electron chi connectivity index (χ4n) is 1.91. The molecule has 0 spiro atoms. The second kappa shape index (κ2) is 5.02. The predicted molar refractivity (Wildman–Crippen MR) is 74.0 cm³/mol. The number of nitrogens with zero attached hydrogens (tertiary/aromatic N) is 1. The van der Waals surface area contributed by atoms with Crippen LogP contribution in [0.25, 0.3) is 11.4 Å².